The number of hydrogen-bond acceptors (Lipinski definition) is 3. The lowest BCUT2D eigenvalue weighted by Gasteiger charge is -2.38. The van der Waals surface area contributed by atoms with Gasteiger partial charge in [0.05, 0.1) is 19.6 Å². The van der Waals surface area contributed by atoms with E-state index in [-0.39, 0.29) is 17.1 Å². The number of carbonyl (C=O) groups is 1. The Morgan fingerprint density at radius 1 is 1.38 bits per heavy atom. The van der Waals surface area contributed by atoms with Crippen molar-refractivity contribution < 1.29 is 14.0 Å². The Balaban J connectivity index is 4.48. The summed E-state index contributed by atoms with van der Waals surface area (Å²) in [4.78, 5) is 11.2. The zero-order valence-electron chi connectivity index (χ0n) is 11.1. The Morgan fingerprint density at radius 2 is 1.88 bits per heavy atom. The van der Waals surface area contributed by atoms with Crippen LogP contribution in [-0.2, 0) is 14.0 Å². The van der Waals surface area contributed by atoms with Crippen LogP contribution in [-0.4, -0.2) is 31.9 Å². The molecule has 0 aliphatic carbocycles. The average Bonchev–Trinajstić information content (AvgIpc) is 2.14. The normalized spacial score (nSPS) is 14.7. The first-order valence-electron chi connectivity index (χ1n) is 5.44. The summed E-state index contributed by atoms with van der Waals surface area (Å²) < 4.78 is 11.6. The van der Waals surface area contributed by atoms with Crippen LogP contribution in [0.1, 0.15) is 27.2 Å². The molecule has 1 atom stereocenters. The Hall–Kier alpha value is 0.377. The van der Waals surface area contributed by atoms with Gasteiger partial charge in [-0.05, 0) is 18.1 Å². The van der Waals surface area contributed by atoms with Gasteiger partial charge < -0.3 is 9.16 Å². The summed E-state index contributed by atoms with van der Waals surface area (Å²) in [6.07, 6.45) is 0.334. The maximum absolute atomic E-state index is 11.2. The van der Waals surface area contributed by atoms with Crippen LogP contribution in [0.2, 0.25) is 18.1 Å². The first-order valence-corrected chi connectivity index (χ1v) is 9.88. The predicted octanol–water partition coefficient (Wildman–Crippen LogP) is 3.37. The van der Waals surface area contributed by atoms with E-state index in [1.807, 2.05) is 0 Å². The van der Waals surface area contributed by atoms with E-state index >= 15 is 0 Å². The fraction of sp³-hybridized carbons (Fsp3) is 0.909. The minimum Gasteiger partial charge on any atom is -0.469 e. The summed E-state index contributed by atoms with van der Waals surface area (Å²) >= 11 is 2.26. The number of halogens is 1. The van der Waals surface area contributed by atoms with Crippen molar-refractivity contribution in [2.45, 2.75) is 51.4 Å². The van der Waals surface area contributed by atoms with E-state index in [2.05, 4.69) is 61.2 Å². The average molecular weight is 358 g/mol. The van der Waals surface area contributed by atoms with Gasteiger partial charge in [0, 0.05) is 4.43 Å². The standard InChI is InChI=1S/C11H23IO3Si/c1-11(2,3)16(5,6)15-9(8-12)7-10(13)14-4/h9H,7-8H2,1-6H3. The number of methoxy groups -OCH3 is 1. The van der Waals surface area contributed by atoms with Crippen LogP contribution in [0.3, 0.4) is 0 Å². The summed E-state index contributed by atoms with van der Waals surface area (Å²) in [6.45, 7) is 11.0. The number of alkyl halides is 1. The van der Waals surface area contributed by atoms with Crippen LogP contribution in [0.4, 0.5) is 0 Å². The maximum atomic E-state index is 11.2. The number of rotatable bonds is 5. The van der Waals surface area contributed by atoms with E-state index in [0.29, 0.717) is 6.42 Å². The molecule has 1 unspecified atom stereocenters. The second-order valence-electron chi connectivity index (χ2n) is 5.43. The summed E-state index contributed by atoms with van der Waals surface area (Å²) in [6, 6.07) is 0. The van der Waals surface area contributed by atoms with E-state index in [1.165, 1.54) is 7.11 Å². The van der Waals surface area contributed by atoms with Crippen molar-refractivity contribution >= 4 is 36.9 Å². The van der Waals surface area contributed by atoms with E-state index in [1.54, 1.807) is 0 Å². The first-order chi connectivity index (χ1) is 7.14. The van der Waals surface area contributed by atoms with Crippen molar-refractivity contribution in [1.82, 2.24) is 0 Å². The lowest BCUT2D eigenvalue weighted by atomic mass is 10.2. The topological polar surface area (TPSA) is 35.5 Å². The second kappa shape index (κ2) is 6.35. The molecule has 0 aliphatic rings. The van der Waals surface area contributed by atoms with Crippen molar-refractivity contribution in [3.63, 3.8) is 0 Å². The van der Waals surface area contributed by atoms with Crippen LogP contribution in [0.15, 0.2) is 0 Å². The Morgan fingerprint density at radius 3 is 2.19 bits per heavy atom. The number of carbonyl (C=O) groups excluding carboxylic acids is 1. The molecule has 0 aromatic carbocycles. The molecule has 0 radical (unpaired) electrons. The molecule has 16 heavy (non-hydrogen) atoms. The van der Waals surface area contributed by atoms with E-state index < -0.39 is 8.32 Å². The smallest absolute Gasteiger partial charge is 0.308 e. The Labute approximate surface area is 114 Å². The predicted molar refractivity (Wildman–Crippen MR) is 77.6 cm³/mol. The van der Waals surface area contributed by atoms with Gasteiger partial charge in [0.25, 0.3) is 0 Å². The molecule has 5 heteroatoms. The zero-order chi connectivity index (χ0) is 13.0. The van der Waals surface area contributed by atoms with Crippen molar-refractivity contribution in [3.8, 4) is 0 Å². The molecular formula is C11H23IO3Si. The molecule has 0 rings (SSSR count). The Kier molecular flexibility index (Phi) is 6.50. The number of hydrogen-bond donors (Lipinski definition) is 0. The highest BCUT2D eigenvalue weighted by Gasteiger charge is 2.39. The lowest BCUT2D eigenvalue weighted by molar-refractivity contribution is -0.142. The van der Waals surface area contributed by atoms with Crippen LogP contribution < -0.4 is 0 Å². The SMILES string of the molecule is COC(=O)CC(CI)O[Si](C)(C)C(C)(C)C. The fourth-order valence-corrected chi connectivity index (χ4v) is 3.17. The third-order valence-electron chi connectivity index (χ3n) is 3.06. The van der Waals surface area contributed by atoms with E-state index in [9.17, 15) is 4.79 Å². The van der Waals surface area contributed by atoms with Gasteiger partial charge in [-0.2, -0.15) is 0 Å². The molecule has 0 heterocycles. The first kappa shape index (κ1) is 16.4. The summed E-state index contributed by atoms with van der Waals surface area (Å²) in [7, 11) is -0.366. The summed E-state index contributed by atoms with van der Waals surface area (Å²) in [5.74, 6) is -0.194. The molecule has 0 aromatic heterocycles. The van der Waals surface area contributed by atoms with Gasteiger partial charge in [0.2, 0.25) is 0 Å². The van der Waals surface area contributed by atoms with Crippen LogP contribution in [0, 0.1) is 0 Å². The molecular weight excluding hydrogens is 335 g/mol. The molecule has 0 fully saturated rings. The highest BCUT2D eigenvalue weighted by Crippen LogP contribution is 2.37. The van der Waals surface area contributed by atoms with Gasteiger partial charge in [-0.3, -0.25) is 4.79 Å². The summed E-state index contributed by atoms with van der Waals surface area (Å²) in [5, 5.41) is 0.174. The molecule has 0 amide bonds. The highest BCUT2D eigenvalue weighted by atomic mass is 127. The Bertz CT molecular complexity index is 236. The van der Waals surface area contributed by atoms with Gasteiger partial charge in [-0.25, -0.2) is 0 Å². The van der Waals surface area contributed by atoms with Gasteiger partial charge in [0.1, 0.15) is 0 Å². The minimum absolute atomic E-state index is 0.0195. The van der Waals surface area contributed by atoms with Gasteiger partial charge >= 0.3 is 5.97 Å². The molecule has 3 nitrogen and oxygen atoms in total. The number of ether oxygens (including phenoxy) is 1. The maximum Gasteiger partial charge on any atom is 0.308 e. The van der Waals surface area contributed by atoms with Crippen LogP contribution in [0.25, 0.3) is 0 Å². The molecule has 0 saturated heterocycles. The fourth-order valence-electron chi connectivity index (χ4n) is 0.990. The molecule has 0 aliphatic heterocycles. The lowest BCUT2D eigenvalue weighted by Crippen LogP contribution is -2.44. The molecule has 0 aromatic rings. The van der Waals surface area contributed by atoms with Gasteiger partial charge in [0.15, 0.2) is 8.32 Å². The highest BCUT2D eigenvalue weighted by molar-refractivity contribution is 14.1. The van der Waals surface area contributed by atoms with E-state index in [0.717, 1.165) is 4.43 Å². The van der Waals surface area contributed by atoms with Gasteiger partial charge in [-0.1, -0.05) is 43.4 Å². The quantitative estimate of drug-likeness (QED) is 0.327. The van der Waals surface area contributed by atoms with E-state index in [4.69, 9.17) is 4.43 Å². The van der Waals surface area contributed by atoms with Crippen LogP contribution in [0.5, 0.6) is 0 Å². The monoisotopic (exact) mass is 358 g/mol. The molecule has 0 bridgehead atoms. The zero-order valence-corrected chi connectivity index (χ0v) is 14.3. The third-order valence-corrected chi connectivity index (χ3v) is 8.58. The minimum atomic E-state index is -1.78. The van der Waals surface area contributed by atoms with Crippen molar-refractivity contribution in [1.29, 1.82) is 0 Å². The molecule has 0 N–H and O–H groups in total. The largest absolute Gasteiger partial charge is 0.469 e. The van der Waals surface area contributed by atoms with Gasteiger partial charge in [-0.15, -0.1) is 0 Å². The summed E-state index contributed by atoms with van der Waals surface area (Å²) in [5.41, 5.74) is 0. The number of esters is 1. The van der Waals surface area contributed by atoms with Crippen molar-refractivity contribution in [2.24, 2.45) is 0 Å². The third kappa shape index (κ3) is 5.14. The van der Waals surface area contributed by atoms with Crippen molar-refractivity contribution in [3.05, 3.63) is 0 Å². The van der Waals surface area contributed by atoms with Crippen LogP contribution >= 0.6 is 22.6 Å². The van der Waals surface area contributed by atoms with Crippen molar-refractivity contribution in [2.75, 3.05) is 11.5 Å². The molecule has 96 valence electrons. The molecule has 0 spiro atoms. The second-order valence-corrected chi connectivity index (χ2v) is 11.1. The molecule has 0 saturated carbocycles.